The number of carbonyl (C=O) groups excluding carboxylic acids is 2. The van der Waals surface area contributed by atoms with Crippen molar-refractivity contribution in [2.75, 3.05) is 19.6 Å². The van der Waals surface area contributed by atoms with Gasteiger partial charge in [0.25, 0.3) is 0 Å². The molecule has 1 aliphatic rings. The lowest BCUT2D eigenvalue weighted by atomic mass is 10.1. The minimum atomic E-state index is -0.353. The Bertz CT molecular complexity index is 302. The summed E-state index contributed by atoms with van der Waals surface area (Å²) in [6, 6.07) is -0.0909. The minimum absolute atomic E-state index is 0.0568. The number of nitrogens with one attached hydrogen (secondary N) is 2. The molecule has 96 valence electrons. The first-order valence-corrected chi connectivity index (χ1v) is 5.97. The van der Waals surface area contributed by atoms with E-state index < -0.39 is 0 Å². The molecular formula is C12H21N3O2. The standard InChI is InChI=1S/C12H21N3O2/c1-4-5-13-11(16)8-10-12(17)14-6-7-15(10)9(2)3/h4,9-10H,1,5-8H2,2-3H3,(H,13,16)(H,14,17). The molecule has 0 aromatic carbocycles. The zero-order chi connectivity index (χ0) is 12.8. The van der Waals surface area contributed by atoms with Crippen molar-refractivity contribution in [2.45, 2.75) is 32.4 Å². The van der Waals surface area contributed by atoms with Crippen LogP contribution in [0.15, 0.2) is 12.7 Å². The van der Waals surface area contributed by atoms with Gasteiger partial charge in [-0.05, 0) is 13.8 Å². The summed E-state index contributed by atoms with van der Waals surface area (Å²) in [5, 5.41) is 5.49. The van der Waals surface area contributed by atoms with E-state index in [1.807, 2.05) is 13.8 Å². The lowest BCUT2D eigenvalue weighted by Crippen LogP contribution is -2.58. The van der Waals surface area contributed by atoms with Crippen LogP contribution in [0.2, 0.25) is 0 Å². The van der Waals surface area contributed by atoms with Crippen LogP contribution >= 0.6 is 0 Å². The van der Waals surface area contributed by atoms with Gasteiger partial charge in [-0.25, -0.2) is 0 Å². The van der Waals surface area contributed by atoms with E-state index in [-0.39, 0.29) is 30.3 Å². The Labute approximate surface area is 102 Å². The highest BCUT2D eigenvalue weighted by Crippen LogP contribution is 2.12. The van der Waals surface area contributed by atoms with E-state index in [4.69, 9.17) is 0 Å². The number of nitrogens with zero attached hydrogens (tertiary/aromatic N) is 1. The van der Waals surface area contributed by atoms with Crippen molar-refractivity contribution in [3.05, 3.63) is 12.7 Å². The van der Waals surface area contributed by atoms with Crippen LogP contribution in [0.1, 0.15) is 20.3 Å². The molecule has 5 heteroatoms. The average Bonchev–Trinajstić information content (AvgIpc) is 2.28. The van der Waals surface area contributed by atoms with E-state index in [9.17, 15) is 9.59 Å². The van der Waals surface area contributed by atoms with E-state index in [0.717, 1.165) is 6.54 Å². The molecule has 1 heterocycles. The summed E-state index contributed by atoms with van der Waals surface area (Å²) in [7, 11) is 0. The highest BCUT2D eigenvalue weighted by Gasteiger charge is 2.32. The molecular weight excluding hydrogens is 218 g/mol. The van der Waals surface area contributed by atoms with Gasteiger partial charge >= 0.3 is 0 Å². The SMILES string of the molecule is C=CCNC(=O)CC1C(=O)NCCN1C(C)C. The van der Waals surface area contributed by atoms with Crippen LogP contribution in [0.5, 0.6) is 0 Å². The van der Waals surface area contributed by atoms with Crippen molar-refractivity contribution < 1.29 is 9.59 Å². The van der Waals surface area contributed by atoms with Gasteiger partial charge < -0.3 is 10.6 Å². The number of hydrogen-bond acceptors (Lipinski definition) is 3. The molecule has 0 radical (unpaired) electrons. The number of amides is 2. The van der Waals surface area contributed by atoms with Gasteiger partial charge in [-0.15, -0.1) is 6.58 Å². The molecule has 2 amide bonds. The van der Waals surface area contributed by atoms with Gasteiger partial charge in [0.1, 0.15) is 0 Å². The molecule has 0 aromatic rings. The second-order valence-corrected chi connectivity index (χ2v) is 4.44. The van der Waals surface area contributed by atoms with Gasteiger partial charge in [-0.2, -0.15) is 0 Å². The second-order valence-electron chi connectivity index (χ2n) is 4.44. The Hall–Kier alpha value is -1.36. The van der Waals surface area contributed by atoms with Gasteiger partial charge in [0.15, 0.2) is 0 Å². The largest absolute Gasteiger partial charge is 0.353 e. The first-order valence-electron chi connectivity index (χ1n) is 5.97. The van der Waals surface area contributed by atoms with Crippen molar-refractivity contribution in [3.63, 3.8) is 0 Å². The maximum atomic E-state index is 11.8. The van der Waals surface area contributed by atoms with Crippen molar-refractivity contribution >= 4 is 11.8 Å². The molecule has 1 unspecified atom stereocenters. The Morgan fingerprint density at radius 2 is 2.41 bits per heavy atom. The first kappa shape index (κ1) is 13.7. The molecule has 1 saturated heterocycles. The van der Waals surface area contributed by atoms with Crippen LogP contribution in [-0.4, -0.2) is 48.4 Å². The molecule has 0 saturated carbocycles. The van der Waals surface area contributed by atoms with Crippen molar-refractivity contribution in [3.8, 4) is 0 Å². The maximum absolute atomic E-state index is 11.8. The number of piperazine rings is 1. The summed E-state index contributed by atoms with van der Waals surface area (Å²) in [5.41, 5.74) is 0. The summed E-state index contributed by atoms with van der Waals surface area (Å²) in [6.07, 6.45) is 1.83. The summed E-state index contributed by atoms with van der Waals surface area (Å²) >= 11 is 0. The molecule has 0 spiro atoms. The van der Waals surface area contributed by atoms with Gasteiger partial charge in [-0.3, -0.25) is 14.5 Å². The summed E-state index contributed by atoms with van der Waals surface area (Å²) in [6.45, 7) is 9.49. The van der Waals surface area contributed by atoms with Crippen LogP contribution in [-0.2, 0) is 9.59 Å². The molecule has 5 nitrogen and oxygen atoms in total. The molecule has 2 N–H and O–H groups in total. The Kier molecular flexibility index (Phi) is 5.15. The normalized spacial score (nSPS) is 21.1. The summed E-state index contributed by atoms with van der Waals surface area (Å²) in [5.74, 6) is -0.170. The lowest BCUT2D eigenvalue weighted by Gasteiger charge is -2.37. The molecule has 17 heavy (non-hydrogen) atoms. The van der Waals surface area contributed by atoms with Gasteiger partial charge in [0.2, 0.25) is 11.8 Å². The number of rotatable bonds is 5. The second kappa shape index (κ2) is 6.39. The monoisotopic (exact) mass is 239 g/mol. The Morgan fingerprint density at radius 1 is 1.71 bits per heavy atom. The van der Waals surface area contributed by atoms with Crippen LogP contribution in [0.4, 0.5) is 0 Å². The predicted molar refractivity (Wildman–Crippen MR) is 66.5 cm³/mol. The number of carbonyl (C=O) groups is 2. The molecule has 0 aliphatic carbocycles. The third kappa shape index (κ3) is 3.85. The van der Waals surface area contributed by atoms with Crippen LogP contribution in [0.3, 0.4) is 0 Å². The van der Waals surface area contributed by atoms with Crippen LogP contribution in [0.25, 0.3) is 0 Å². The average molecular weight is 239 g/mol. The van der Waals surface area contributed by atoms with E-state index in [1.165, 1.54) is 0 Å². The van der Waals surface area contributed by atoms with Crippen LogP contribution < -0.4 is 10.6 Å². The zero-order valence-electron chi connectivity index (χ0n) is 10.5. The van der Waals surface area contributed by atoms with Crippen molar-refractivity contribution in [1.29, 1.82) is 0 Å². The highest BCUT2D eigenvalue weighted by molar-refractivity contribution is 5.88. The topological polar surface area (TPSA) is 61.4 Å². The molecule has 1 atom stereocenters. The Morgan fingerprint density at radius 3 is 3.00 bits per heavy atom. The quantitative estimate of drug-likeness (QED) is 0.658. The van der Waals surface area contributed by atoms with Crippen LogP contribution in [0, 0.1) is 0 Å². The van der Waals surface area contributed by atoms with Crippen molar-refractivity contribution in [1.82, 2.24) is 15.5 Å². The van der Waals surface area contributed by atoms with Gasteiger partial charge in [0, 0.05) is 25.7 Å². The highest BCUT2D eigenvalue weighted by atomic mass is 16.2. The van der Waals surface area contributed by atoms with E-state index >= 15 is 0 Å². The smallest absolute Gasteiger partial charge is 0.237 e. The molecule has 1 aliphatic heterocycles. The van der Waals surface area contributed by atoms with E-state index in [2.05, 4.69) is 22.1 Å². The third-order valence-corrected chi connectivity index (χ3v) is 2.86. The third-order valence-electron chi connectivity index (χ3n) is 2.86. The molecule has 0 aromatic heterocycles. The molecule has 0 bridgehead atoms. The van der Waals surface area contributed by atoms with E-state index in [1.54, 1.807) is 6.08 Å². The fourth-order valence-electron chi connectivity index (χ4n) is 1.99. The number of hydrogen-bond donors (Lipinski definition) is 2. The minimum Gasteiger partial charge on any atom is -0.353 e. The fraction of sp³-hybridized carbons (Fsp3) is 0.667. The fourth-order valence-corrected chi connectivity index (χ4v) is 1.99. The van der Waals surface area contributed by atoms with E-state index in [0.29, 0.717) is 13.1 Å². The molecule has 1 rings (SSSR count). The summed E-state index contributed by atoms with van der Waals surface area (Å²) < 4.78 is 0. The maximum Gasteiger partial charge on any atom is 0.237 e. The van der Waals surface area contributed by atoms with Crippen molar-refractivity contribution in [2.24, 2.45) is 0 Å². The van der Waals surface area contributed by atoms with Gasteiger partial charge in [0.05, 0.1) is 12.5 Å². The molecule has 1 fully saturated rings. The lowest BCUT2D eigenvalue weighted by molar-refractivity contribution is -0.134. The first-order chi connectivity index (χ1) is 8.06. The summed E-state index contributed by atoms with van der Waals surface area (Å²) in [4.78, 5) is 25.4. The Balaban J connectivity index is 2.59. The predicted octanol–water partition coefficient (Wildman–Crippen LogP) is -0.112. The zero-order valence-corrected chi connectivity index (χ0v) is 10.5. The van der Waals surface area contributed by atoms with Gasteiger partial charge in [-0.1, -0.05) is 6.08 Å².